The van der Waals surface area contributed by atoms with Crippen molar-refractivity contribution >= 4 is 11.8 Å². The number of nitrogens with one attached hydrogen (secondary N) is 2. The zero-order chi connectivity index (χ0) is 15.3. The van der Waals surface area contributed by atoms with Gasteiger partial charge in [-0.3, -0.25) is 5.32 Å². The van der Waals surface area contributed by atoms with Crippen molar-refractivity contribution in [3.8, 4) is 0 Å². The third kappa shape index (κ3) is 4.46. The lowest BCUT2D eigenvalue weighted by molar-refractivity contribution is 0.0281. The normalized spacial score (nSPS) is 18.3. The van der Waals surface area contributed by atoms with Crippen LogP contribution in [0.5, 0.6) is 0 Å². The molecule has 3 N–H and O–H groups in total. The molecule has 1 aromatic rings. The van der Waals surface area contributed by atoms with Gasteiger partial charge in [-0.05, 0) is 26.7 Å². The molecule has 1 aliphatic carbocycles. The number of hydrogen-bond acceptors (Lipinski definition) is 3. The third-order valence-corrected chi connectivity index (χ3v) is 4.01. The number of rotatable bonds is 4. The van der Waals surface area contributed by atoms with Gasteiger partial charge in [0.2, 0.25) is 0 Å². The van der Waals surface area contributed by atoms with Gasteiger partial charge in [0.15, 0.2) is 0 Å². The van der Waals surface area contributed by atoms with Crippen LogP contribution in [-0.4, -0.2) is 33.1 Å². The molecule has 1 aliphatic rings. The summed E-state index contributed by atoms with van der Waals surface area (Å²) in [6.45, 7) is 4.31. The second-order valence-electron chi connectivity index (χ2n) is 6.20. The summed E-state index contributed by atoms with van der Waals surface area (Å²) in [5, 5.41) is 20.2. The van der Waals surface area contributed by atoms with E-state index in [1.165, 1.54) is 12.8 Å². The van der Waals surface area contributed by atoms with Crippen LogP contribution >= 0.6 is 0 Å². The Kier molecular flexibility index (Phi) is 5.22. The molecule has 118 valence electrons. The predicted octanol–water partition coefficient (Wildman–Crippen LogP) is 2.67. The smallest absolute Gasteiger partial charge is 0.320 e. The molecule has 6 nitrogen and oxygen atoms in total. The molecule has 21 heavy (non-hydrogen) atoms. The van der Waals surface area contributed by atoms with Crippen molar-refractivity contribution in [2.45, 2.75) is 64.0 Å². The third-order valence-electron chi connectivity index (χ3n) is 4.01. The SMILES string of the molecule is CC(C)n1nccc1NC(=O)NCC1(O)CCCCCC1. The maximum absolute atomic E-state index is 12.0. The number of carbonyl (C=O) groups excluding carboxylic acids is 1. The highest BCUT2D eigenvalue weighted by Crippen LogP contribution is 2.26. The summed E-state index contributed by atoms with van der Waals surface area (Å²) < 4.78 is 1.75. The van der Waals surface area contributed by atoms with Crippen molar-refractivity contribution in [2.75, 3.05) is 11.9 Å². The first-order valence-corrected chi connectivity index (χ1v) is 7.81. The van der Waals surface area contributed by atoms with Crippen LogP contribution in [0.15, 0.2) is 12.3 Å². The Bertz CT molecular complexity index is 462. The molecule has 2 amide bonds. The monoisotopic (exact) mass is 294 g/mol. The van der Waals surface area contributed by atoms with Gasteiger partial charge in [-0.15, -0.1) is 0 Å². The van der Waals surface area contributed by atoms with E-state index in [1.54, 1.807) is 16.9 Å². The lowest BCUT2D eigenvalue weighted by atomic mass is 9.95. The van der Waals surface area contributed by atoms with Crippen LogP contribution in [0.4, 0.5) is 10.6 Å². The van der Waals surface area contributed by atoms with E-state index < -0.39 is 5.60 Å². The van der Waals surface area contributed by atoms with Crippen LogP contribution in [0, 0.1) is 0 Å². The fraction of sp³-hybridized carbons (Fsp3) is 0.733. The van der Waals surface area contributed by atoms with Gasteiger partial charge in [0.05, 0.1) is 11.8 Å². The van der Waals surface area contributed by atoms with Gasteiger partial charge >= 0.3 is 6.03 Å². The standard InChI is InChI=1S/C15H26N4O2/c1-12(2)19-13(7-10-17-19)18-14(20)16-11-15(21)8-5-3-4-6-9-15/h7,10,12,21H,3-6,8-9,11H2,1-2H3,(H2,16,18,20). The molecule has 0 aliphatic heterocycles. The summed E-state index contributed by atoms with van der Waals surface area (Å²) in [4.78, 5) is 12.0. The quantitative estimate of drug-likeness (QED) is 0.747. The molecule has 1 heterocycles. The molecule has 0 atom stereocenters. The number of nitrogens with zero attached hydrogens (tertiary/aromatic N) is 2. The number of hydrogen-bond donors (Lipinski definition) is 3. The molecule has 1 aromatic heterocycles. The predicted molar refractivity (Wildman–Crippen MR) is 82.3 cm³/mol. The maximum atomic E-state index is 12.0. The largest absolute Gasteiger partial charge is 0.388 e. The Morgan fingerprint density at radius 3 is 2.67 bits per heavy atom. The van der Waals surface area contributed by atoms with Crippen molar-refractivity contribution < 1.29 is 9.90 Å². The summed E-state index contributed by atoms with van der Waals surface area (Å²) >= 11 is 0. The van der Waals surface area contributed by atoms with E-state index in [9.17, 15) is 9.90 Å². The number of amides is 2. The molecule has 0 spiro atoms. The van der Waals surface area contributed by atoms with Gasteiger partial charge in [-0.2, -0.15) is 5.10 Å². The fourth-order valence-electron chi connectivity index (χ4n) is 2.79. The lowest BCUT2D eigenvalue weighted by Gasteiger charge is -2.26. The van der Waals surface area contributed by atoms with E-state index in [4.69, 9.17) is 0 Å². The van der Waals surface area contributed by atoms with E-state index in [-0.39, 0.29) is 12.1 Å². The highest BCUT2D eigenvalue weighted by molar-refractivity contribution is 5.88. The van der Waals surface area contributed by atoms with Crippen molar-refractivity contribution in [1.82, 2.24) is 15.1 Å². The van der Waals surface area contributed by atoms with Crippen molar-refractivity contribution in [3.63, 3.8) is 0 Å². The average molecular weight is 294 g/mol. The van der Waals surface area contributed by atoms with Crippen LogP contribution in [0.25, 0.3) is 0 Å². The van der Waals surface area contributed by atoms with Gasteiger partial charge in [-0.1, -0.05) is 25.7 Å². The lowest BCUT2D eigenvalue weighted by Crippen LogP contribution is -2.44. The number of aromatic nitrogens is 2. The molecule has 6 heteroatoms. The highest BCUT2D eigenvalue weighted by Gasteiger charge is 2.28. The van der Waals surface area contributed by atoms with Gasteiger partial charge in [0.25, 0.3) is 0 Å². The first-order valence-electron chi connectivity index (χ1n) is 7.81. The summed E-state index contributed by atoms with van der Waals surface area (Å²) in [6, 6.07) is 1.65. The minimum absolute atomic E-state index is 0.182. The maximum Gasteiger partial charge on any atom is 0.320 e. The second-order valence-corrected chi connectivity index (χ2v) is 6.20. The molecule has 0 saturated heterocycles. The van der Waals surface area contributed by atoms with Crippen LogP contribution in [0.1, 0.15) is 58.4 Å². The highest BCUT2D eigenvalue weighted by atomic mass is 16.3. The van der Waals surface area contributed by atoms with Crippen LogP contribution in [-0.2, 0) is 0 Å². The van der Waals surface area contributed by atoms with Gasteiger partial charge in [0.1, 0.15) is 5.82 Å². The van der Waals surface area contributed by atoms with Crippen LogP contribution in [0.2, 0.25) is 0 Å². The van der Waals surface area contributed by atoms with Crippen LogP contribution in [0.3, 0.4) is 0 Å². The summed E-state index contributed by atoms with van der Waals surface area (Å²) in [7, 11) is 0. The first kappa shape index (κ1) is 15.8. The molecule has 1 fully saturated rings. The molecular formula is C15H26N4O2. The van der Waals surface area contributed by atoms with Crippen molar-refractivity contribution in [1.29, 1.82) is 0 Å². The summed E-state index contributed by atoms with van der Waals surface area (Å²) in [5.41, 5.74) is -0.758. The Hall–Kier alpha value is -1.56. The average Bonchev–Trinajstić information content (AvgIpc) is 2.78. The summed E-state index contributed by atoms with van der Waals surface area (Å²) in [5.74, 6) is 0.662. The van der Waals surface area contributed by atoms with E-state index >= 15 is 0 Å². The topological polar surface area (TPSA) is 79.2 Å². The molecule has 0 bridgehead atoms. The Balaban J connectivity index is 1.85. The van der Waals surface area contributed by atoms with Gasteiger partial charge < -0.3 is 10.4 Å². The van der Waals surface area contributed by atoms with Crippen molar-refractivity contribution in [2.24, 2.45) is 0 Å². The zero-order valence-electron chi connectivity index (χ0n) is 12.9. The Morgan fingerprint density at radius 2 is 2.05 bits per heavy atom. The number of carbonyl (C=O) groups is 1. The molecule has 0 unspecified atom stereocenters. The zero-order valence-corrected chi connectivity index (χ0v) is 12.9. The molecule has 0 radical (unpaired) electrons. The van der Waals surface area contributed by atoms with E-state index in [0.717, 1.165) is 25.7 Å². The van der Waals surface area contributed by atoms with Crippen molar-refractivity contribution in [3.05, 3.63) is 12.3 Å². The minimum atomic E-state index is -0.758. The fourth-order valence-corrected chi connectivity index (χ4v) is 2.79. The van der Waals surface area contributed by atoms with Crippen LogP contribution < -0.4 is 10.6 Å². The van der Waals surface area contributed by atoms with Gasteiger partial charge in [-0.25, -0.2) is 9.48 Å². The van der Waals surface area contributed by atoms with Gasteiger partial charge in [0, 0.05) is 18.7 Å². The first-order chi connectivity index (χ1) is 10.0. The van der Waals surface area contributed by atoms with E-state index in [0.29, 0.717) is 12.4 Å². The summed E-state index contributed by atoms with van der Waals surface area (Å²) in [6.07, 6.45) is 7.58. The second kappa shape index (κ2) is 6.93. The molecule has 2 rings (SSSR count). The molecular weight excluding hydrogens is 268 g/mol. The molecule has 1 saturated carbocycles. The minimum Gasteiger partial charge on any atom is -0.388 e. The number of anilines is 1. The Morgan fingerprint density at radius 1 is 1.38 bits per heavy atom. The van der Waals surface area contributed by atoms with E-state index in [2.05, 4.69) is 15.7 Å². The molecule has 0 aromatic carbocycles. The van der Waals surface area contributed by atoms with E-state index in [1.807, 2.05) is 13.8 Å². The number of urea groups is 1. The Labute approximate surface area is 125 Å². The number of aliphatic hydroxyl groups is 1.